The molecule has 1 heterocycles. The molecule has 0 saturated heterocycles. The van der Waals surface area contributed by atoms with Crippen LogP contribution >= 0.6 is 0 Å². The van der Waals surface area contributed by atoms with E-state index >= 15 is 0 Å². The third-order valence-corrected chi connectivity index (χ3v) is 5.45. The van der Waals surface area contributed by atoms with Crippen molar-refractivity contribution in [2.45, 2.75) is 13.1 Å². The molecule has 0 unspecified atom stereocenters. The number of amidine groups is 2. The summed E-state index contributed by atoms with van der Waals surface area (Å²) in [5, 5.41) is 19.0. The van der Waals surface area contributed by atoms with Gasteiger partial charge in [-0.05, 0) is 41.5 Å². The Morgan fingerprint density at radius 2 is 1.58 bits per heavy atom. The van der Waals surface area contributed by atoms with Crippen LogP contribution in [0.4, 0.5) is 5.69 Å². The van der Waals surface area contributed by atoms with Crippen molar-refractivity contribution in [3.63, 3.8) is 0 Å². The van der Waals surface area contributed by atoms with Crippen molar-refractivity contribution in [3.8, 4) is 0 Å². The standard InChI is InChI=1S/C25H25N7O/c26-20-8-9-21-19(11-20)12-22(32(21)14-16-2-1-3-18(10-16)24(29)30)25(33)31-13-15-4-6-17(7-5-15)23(27)28/h1-12H,13-14,26H2,(H3,27,28)(H3,29,30)(H,31,33). The molecule has 3 aromatic carbocycles. The van der Waals surface area contributed by atoms with Gasteiger partial charge in [-0.2, -0.15) is 0 Å². The maximum absolute atomic E-state index is 13.2. The fraction of sp³-hybridized carbons (Fsp3) is 0.0800. The molecule has 0 aliphatic carbocycles. The van der Waals surface area contributed by atoms with Gasteiger partial charge < -0.3 is 27.1 Å². The summed E-state index contributed by atoms with van der Waals surface area (Å²) in [5.41, 5.74) is 22.2. The van der Waals surface area contributed by atoms with E-state index in [1.165, 1.54) is 0 Å². The van der Waals surface area contributed by atoms with E-state index in [2.05, 4.69) is 5.32 Å². The summed E-state index contributed by atoms with van der Waals surface area (Å²) in [6.45, 7) is 0.769. The van der Waals surface area contributed by atoms with Gasteiger partial charge in [-0.3, -0.25) is 15.6 Å². The topological polar surface area (TPSA) is 160 Å². The monoisotopic (exact) mass is 439 g/mol. The number of amides is 1. The summed E-state index contributed by atoms with van der Waals surface area (Å²) >= 11 is 0. The number of hydrogen-bond acceptors (Lipinski definition) is 4. The molecule has 1 amide bonds. The number of anilines is 1. The van der Waals surface area contributed by atoms with Gasteiger partial charge in [-0.15, -0.1) is 0 Å². The molecule has 4 aromatic rings. The molecule has 33 heavy (non-hydrogen) atoms. The van der Waals surface area contributed by atoms with Crippen LogP contribution in [-0.4, -0.2) is 22.1 Å². The second-order valence-corrected chi connectivity index (χ2v) is 7.84. The van der Waals surface area contributed by atoms with E-state index in [9.17, 15) is 4.79 Å². The smallest absolute Gasteiger partial charge is 0.268 e. The lowest BCUT2D eigenvalue weighted by Crippen LogP contribution is -2.25. The number of nitrogens with zero attached hydrogens (tertiary/aromatic N) is 1. The molecule has 0 bridgehead atoms. The molecule has 4 rings (SSSR count). The number of nitrogens with two attached hydrogens (primary N) is 3. The van der Waals surface area contributed by atoms with Gasteiger partial charge in [-0.1, -0.05) is 42.5 Å². The third kappa shape index (κ3) is 4.69. The van der Waals surface area contributed by atoms with Crippen LogP contribution in [0.2, 0.25) is 0 Å². The van der Waals surface area contributed by atoms with Crippen LogP contribution in [0.25, 0.3) is 10.9 Å². The van der Waals surface area contributed by atoms with Gasteiger partial charge in [0.1, 0.15) is 17.4 Å². The lowest BCUT2D eigenvalue weighted by Gasteiger charge is -2.13. The van der Waals surface area contributed by atoms with Crippen molar-refractivity contribution in [1.29, 1.82) is 10.8 Å². The first-order valence-corrected chi connectivity index (χ1v) is 10.4. The minimum Gasteiger partial charge on any atom is -0.399 e. The number of benzene rings is 3. The van der Waals surface area contributed by atoms with Crippen LogP contribution in [0.1, 0.15) is 32.7 Å². The maximum atomic E-state index is 13.2. The molecule has 166 valence electrons. The van der Waals surface area contributed by atoms with Gasteiger partial charge in [0.05, 0.1) is 0 Å². The van der Waals surface area contributed by atoms with E-state index in [1.54, 1.807) is 18.2 Å². The predicted octanol–water partition coefficient (Wildman–Crippen LogP) is 2.77. The first-order chi connectivity index (χ1) is 15.8. The number of carbonyl (C=O) groups is 1. The summed E-state index contributed by atoms with van der Waals surface area (Å²) in [6, 6.07) is 22.0. The number of rotatable bonds is 7. The van der Waals surface area contributed by atoms with E-state index in [1.807, 2.05) is 59.2 Å². The Kier molecular flexibility index (Phi) is 5.82. The number of fused-ring (bicyclic) bond motifs is 1. The molecular weight excluding hydrogens is 414 g/mol. The highest BCUT2D eigenvalue weighted by atomic mass is 16.1. The molecule has 0 atom stereocenters. The third-order valence-electron chi connectivity index (χ3n) is 5.45. The van der Waals surface area contributed by atoms with Crippen LogP contribution < -0.4 is 22.5 Å². The van der Waals surface area contributed by atoms with E-state index in [0.717, 1.165) is 22.0 Å². The maximum Gasteiger partial charge on any atom is 0.268 e. The van der Waals surface area contributed by atoms with Crippen LogP contribution in [0.5, 0.6) is 0 Å². The van der Waals surface area contributed by atoms with Gasteiger partial charge >= 0.3 is 0 Å². The number of nitrogen functional groups attached to an aromatic ring is 3. The minimum absolute atomic E-state index is 0.00298. The van der Waals surface area contributed by atoms with Crippen LogP contribution in [-0.2, 0) is 13.1 Å². The van der Waals surface area contributed by atoms with E-state index in [-0.39, 0.29) is 17.6 Å². The Labute approximate surface area is 191 Å². The van der Waals surface area contributed by atoms with Gasteiger partial charge in [0, 0.05) is 40.8 Å². The highest BCUT2D eigenvalue weighted by molar-refractivity contribution is 5.99. The van der Waals surface area contributed by atoms with E-state index in [4.69, 9.17) is 28.0 Å². The summed E-state index contributed by atoms with van der Waals surface area (Å²) in [7, 11) is 0. The molecule has 9 N–H and O–H groups in total. The van der Waals surface area contributed by atoms with Crippen LogP contribution in [0.15, 0.2) is 72.8 Å². The Bertz CT molecular complexity index is 1370. The van der Waals surface area contributed by atoms with Gasteiger partial charge in [0.25, 0.3) is 5.91 Å². The average molecular weight is 440 g/mol. The fourth-order valence-corrected chi connectivity index (χ4v) is 3.74. The Morgan fingerprint density at radius 1 is 0.848 bits per heavy atom. The Balaban J connectivity index is 1.63. The van der Waals surface area contributed by atoms with Crippen molar-refractivity contribution in [2.24, 2.45) is 11.5 Å². The van der Waals surface area contributed by atoms with E-state index < -0.39 is 0 Å². The van der Waals surface area contributed by atoms with Crippen molar-refractivity contribution in [1.82, 2.24) is 9.88 Å². The molecule has 8 nitrogen and oxygen atoms in total. The van der Waals surface area contributed by atoms with Crippen LogP contribution in [0.3, 0.4) is 0 Å². The molecule has 0 saturated carbocycles. The highest BCUT2D eigenvalue weighted by Gasteiger charge is 2.16. The number of carbonyl (C=O) groups excluding carboxylic acids is 1. The first kappa shape index (κ1) is 21.6. The SMILES string of the molecule is N=C(N)c1ccc(CNC(=O)c2cc3cc(N)ccc3n2Cc2cccc(C(=N)N)c2)cc1. The zero-order valence-corrected chi connectivity index (χ0v) is 17.9. The zero-order valence-electron chi connectivity index (χ0n) is 17.9. The average Bonchev–Trinajstić information content (AvgIpc) is 3.15. The molecule has 1 aromatic heterocycles. The van der Waals surface area contributed by atoms with Gasteiger partial charge in [-0.25, -0.2) is 0 Å². The van der Waals surface area contributed by atoms with E-state index in [0.29, 0.717) is 35.6 Å². The van der Waals surface area contributed by atoms with Crippen molar-refractivity contribution in [2.75, 3.05) is 5.73 Å². The first-order valence-electron chi connectivity index (χ1n) is 10.4. The molecule has 0 aliphatic heterocycles. The second-order valence-electron chi connectivity index (χ2n) is 7.84. The largest absolute Gasteiger partial charge is 0.399 e. The predicted molar refractivity (Wildman–Crippen MR) is 132 cm³/mol. The zero-order chi connectivity index (χ0) is 23.5. The second kappa shape index (κ2) is 8.88. The quantitative estimate of drug-likeness (QED) is 0.148. The minimum atomic E-state index is -0.219. The summed E-state index contributed by atoms with van der Waals surface area (Å²) in [6.07, 6.45) is 0. The summed E-state index contributed by atoms with van der Waals surface area (Å²) < 4.78 is 1.93. The number of nitrogens with one attached hydrogen (secondary N) is 3. The van der Waals surface area contributed by atoms with Gasteiger partial charge in [0.2, 0.25) is 0 Å². The molecule has 0 fully saturated rings. The Hall–Kier alpha value is -4.59. The summed E-state index contributed by atoms with van der Waals surface area (Å²) in [4.78, 5) is 13.2. The number of aromatic nitrogens is 1. The molecule has 8 heteroatoms. The lowest BCUT2D eigenvalue weighted by molar-refractivity contribution is 0.0942. The normalized spacial score (nSPS) is 10.8. The molecule has 0 radical (unpaired) electrons. The Morgan fingerprint density at radius 3 is 2.27 bits per heavy atom. The lowest BCUT2D eigenvalue weighted by atomic mass is 10.1. The van der Waals surface area contributed by atoms with Crippen molar-refractivity contribution >= 4 is 34.2 Å². The molecule has 0 spiro atoms. The van der Waals surface area contributed by atoms with Gasteiger partial charge in [0.15, 0.2) is 0 Å². The highest BCUT2D eigenvalue weighted by Crippen LogP contribution is 2.24. The van der Waals surface area contributed by atoms with Crippen LogP contribution in [0, 0.1) is 10.8 Å². The molecular formula is C25H25N7O. The summed E-state index contributed by atoms with van der Waals surface area (Å²) in [5.74, 6) is -0.220. The fourth-order valence-electron chi connectivity index (χ4n) is 3.74. The number of hydrogen-bond donors (Lipinski definition) is 6. The van der Waals surface area contributed by atoms with Crippen molar-refractivity contribution < 1.29 is 4.79 Å². The van der Waals surface area contributed by atoms with Crippen molar-refractivity contribution in [3.05, 3.63) is 101 Å². The molecule has 0 aliphatic rings.